The first-order chi connectivity index (χ1) is 17.6. The number of piperidine rings is 1. The van der Waals surface area contributed by atoms with Crippen LogP contribution in [-0.2, 0) is 9.59 Å². The summed E-state index contributed by atoms with van der Waals surface area (Å²) in [6.45, 7) is 6.20. The molecule has 0 aromatic heterocycles. The molecule has 5 rings (SSSR count). The first kappa shape index (κ1) is 25.7. The zero-order valence-corrected chi connectivity index (χ0v) is 21.8. The maximum absolute atomic E-state index is 13.0. The van der Waals surface area contributed by atoms with Crippen molar-refractivity contribution in [1.29, 1.82) is 0 Å². The van der Waals surface area contributed by atoms with Gasteiger partial charge in [-0.1, -0.05) is 19.3 Å². The van der Waals surface area contributed by atoms with Gasteiger partial charge in [0.05, 0.1) is 25.7 Å². The number of fused-ring (bicyclic) bond motifs is 1. The van der Waals surface area contributed by atoms with Crippen LogP contribution in [0.2, 0.25) is 0 Å². The fourth-order valence-electron chi connectivity index (χ4n) is 7.22. The highest BCUT2D eigenvalue weighted by atomic mass is 16.2. The van der Waals surface area contributed by atoms with Crippen LogP contribution >= 0.6 is 0 Å². The predicted molar refractivity (Wildman–Crippen MR) is 135 cm³/mol. The highest BCUT2D eigenvalue weighted by Gasteiger charge is 2.48. The number of nitrogens with two attached hydrogens (primary N) is 1. The summed E-state index contributed by atoms with van der Waals surface area (Å²) in [5.74, 6) is 0.330. The van der Waals surface area contributed by atoms with E-state index in [-0.39, 0.29) is 42.0 Å². The van der Waals surface area contributed by atoms with Crippen LogP contribution in [0.1, 0.15) is 70.6 Å². The van der Waals surface area contributed by atoms with E-state index in [1.807, 2.05) is 4.90 Å². The Morgan fingerprint density at radius 1 is 0.972 bits per heavy atom. The van der Waals surface area contributed by atoms with Gasteiger partial charge in [-0.25, -0.2) is 4.79 Å². The van der Waals surface area contributed by atoms with Crippen molar-refractivity contribution in [1.82, 2.24) is 25.8 Å². The van der Waals surface area contributed by atoms with E-state index in [0.717, 1.165) is 52.0 Å². The van der Waals surface area contributed by atoms with Gasteiger partial charge in [-0.15, -0.1) is 0 Å². The van der Waals surface area contributed by atoms with Crippen molar-refractivity contribution in [3.8, 4) is 0 Å². The first-order valence-corrected chi connectivity index (χ1v) is 14.6. The molecule has 4 aliphatic heterocycles. The third-order valence-corrected chi connectivity index (χ3v) is 9.32. The van der Waals surface area contributed by atoms with E-state index in [4.69, 9.17) is 0 Å². The van der Waals surface area contributed by atoms with E-state index in [1.54, 1.807) is 0 Å². The summed E-state index contributed by atoms with van der Waals surface area (Å²) in [6, 6.07) is 0.278. The summed E-state index contributed by atoms with van der Waals surface area (Å²) in [4.78, 5) is 44.0. The van der Waals surface area contributed by atoms with Crippen molar-refractivity contribution in [3.63, 3.8) is 0 Å². The molecule has 5 fully saturated rings. The normalized spacial score (nSPS) is 34.1. The molecule has 4 saturated heterocycles. The number of hydrogen-bond acceptors (Lipinski definition) is 4. The van der Waals surface area contributed by atoms with Crippen molar-refractivity contribution in [3.05, 3.63) is 0 Å². The molecule has 0 aromatic rings. The van der Waals surface area contributed by atoms with Crippen molar-refractivity contribution in [2.45, 2.75) is 101 Å². The third kappa shape index (κ3) is 6.31. The Labute approximate surface area is 215 Å². The van der Waals surface area contributed by atoms with Gasteiger partial charge >= 0.3 is 6.03 Å². The monoisotopic (exact) mass is 505 g/mol. The van der Waals surface area contributed by atoms with E-state index in [1.165, 1.54) is 50.0 Å². The number of urea groups is 1. The molecule has 0 aromatic carbocycles. The van der Waals surface area contributed by atoms with Gasteiger partial charge in [0.15, 0.2) is 6.04 Å². The standard InChI is InChI=1S/C26H45N7O3/c34-24(32-14-12-31(13-15-32)23-8-4-5-11-27-23)10-9-21-17-28-25(35)22-16-20(18-33(21)22)30-26(36)29-19-6-2-1-3-7-19/h19-23,27H,1-18H2,(H,28,35)(H2,29,30,36)/p+2. The third-order valence-electron chi connectivity index (χ3n) is 9.32. The van der Waals surface area contributed by atoms with Crippen LogP contribution in [-0.4, -0.2) is 104 Å². The lowest BCUT2D eigenvalue weighted by Crippen LogP contribution is -3.21. The molecule has 10 nitrogen and oxygen atoms in total. The average Bonchev–Trinajstić information content (AvgIpc) is 3.34. The molecule has 202 valence electrons. The molecule has 4 heterocycles. The van der Waals surface area contributed by atoms with Gasteiger partial charge in [0, 0.05) is 57.9 Å². The lowest BCUT2D eigenvalue weighted by molar-refractivity contribution is -0.930. The van der Waals surface area contributed by atoms with Gasteiger partial charge in [-0.2, -0.15) is 0 Å². The lowest BCUT2D eigenvalue weighted by Gasteiger charge is -2.39. The smallest absolute Gasteiger partial charge is 0.315 e. The van der Waals surface area contributed by atoms with Crippen LogP contribution in [0.25, 0.3) is 0 Å². The molecule has 5 atom stereocenters. The maximum Gasteiger partial charge on any atom is 0.315 e. The Kier molecular flexibility index (Phi) is 8.64. The predicted octanol–water partition coefficient (Wildman–Crippen LogP) is -1.86. The number of piperazine rings is 2. The van der Waals surface area contributed by atoms with Crippen LogP contribution in [0.4, 0.5) is 4.79 Å². The number of carbonyl (C=O) groups is 3. The molecule has 5 unspecified atom stereocenters. The molecular formula is C26H47N7O3+2. The minimum atomic E-state index is -0.130. The Balaban J connectivity index is 1.06. The number of carbonyl (C=O) groups excluding carboxylic acids is 3. The highest BCUT2D eigenvalue weighted by Crippen LogP contribution is 2.17. The molecule has 1 saturated carbocycles. The number of nitrogens with zero attached hydrogens (tertiary/aromatic N) is 2. The second kappa shape index (κ2) is 12.1. The van der Waals surface area contributed by atoms with Gasteiger partial charge in [0.2, 0.25) is 5.91 Å². The summed E-state index contributed by atoms with van der Waals surface area (Å²) in [5, 5.41) is 11.8. The second-order valence-electron chi connectivity index (χ2n) is 11.7. The fourth-order valence-corrected chi connectivity index (χ4v) is 7.22. The molecule has 5 aliphatic rings. The van der Waals surface area contributed by atoms with Crippen LogP contribution in [0.5, 0.6) is 0 Å². The SMILES string of the molecule is O=C(NC1CCCCC1)NC1CC2C(=O)NCC(CCC(=O)N3CCN(C4CCCC[NH2+]4)CC3)[NH+]2C1. The van der Waals surface area contributed by atoms with Crippen molar-refractivity contribution in [2.75, 3.05) is 45.8 Å². The molecule has 1 aliphatic carbocycles. The number of rotatable bonds is 6. The number of hydrogen-bond donors (Lipinski definition) is 5. The van der Waals surface area contributed by atoms with Crippen LogP contribution < -0.4 is 26.2 Å². The maximum atomic E-state index is 13.0. The van der Waals surface area contributed by atoms with Crippen molar-refractivity contribution in [2.24, 2.45) is 0 Å². The van der Waals surface area contributed by atoms with Gasteiger partial charge in [0.25, 0.3) is 5.91 Å². The minimum Gasteiger partial charge on any atom is -0.345 e. The summed E-state index contributed by atoms with van der Waals surface area (Å²) >= 11 is 0. The fraction of sp³-hybridized carbons (Fsp3) is 0.885. The lowest BCUT2D eigenvalue weighted by atomic mass is 9.96. The van der Waals surface area contributed by atoms with E-state index in [9.17, 15) is 14.4 Å². The van der Waals surface area contributed by atoms with Crippen molar-refractivity contribution < 1.29 is 24.6 Å². The highest BCUT2D eigenvalue weighted by molar-refractivity contribution is 5.81. The van der Waals surface area contributed by atoms with Gasteiger partial charge < -0.3 is 31.1 Å². The molecule has 4 amide bonds. The molecular weight excluding hydrogens is 458 g/mol. The Hall–Kier alpha value is -1.91. The topological polar surface area (TPSA) is 115 Å². The number of nitrogens with one attached hydrogen (secondary N) is 4. The van der Waals surface area contributed by atoms with Gasteiger partial charge in [0.1, 0.15) is 12.2 Å². The van der Waals surface area contributed by atoms with E-state index in [0.29, 0.717) is 25.6 Å². The van der Waals surface area contributed by atoms with Crippen molar-refractivity contribution >= 4 is 17.8 Å². The molecule has 6 N–H and O–H groups in total. The van der Waals surface area contributed by atoms with Crippen LogP contribution in [0, 0.1) is 0 Å². The summed E-state index contributed by atoms with van der Waals surface area (Å²) in [5.41, 5.74) is 0. The number of quaternary nitrogens is 2. The molecule has 10 heteroatoms. The molecule has 36 heavy (non-hydrogen) atoms. The Bertz CT molecular complexity index is 775. The zero-order valence-electron chi connectivity index (χ0n) is 21.8. The average molecular weight is 506 g/mol. The largest absolute Gasteiger partial charge is 0.345 e. The van der Waals surface area contributed by atoms with E-state index < -0.39 is 0 Å². The molecule has 0 spiro atoms. The summed E-state index contributed by atoms with van der Waals surface area (Å²) < 4.78 is 0. The minimum absolute atomic E-state index is 0.000289. The van der Waals surface area contributed by atoms with Crippen LogP contribution in [0.15, 0.2) is 0 Å². The van der Waals surface area contributed by atoms with Gasteiger partial charge in [-0.3, -0.25) is 14.5 Å². The first-order valence-electron chi connectivity index (χ1n) is 14.6. The Morgan fingerprint density at radius 3 is 2.47 bits per heavy atom. The summed E-state index contributed by atoms with van der Waals surface area (Å²) in [7, 11) is 0. The Morgan fingerprint density at radius 2 is 1.72 bits per heavy atom. The number of amides is 4. The molecule has 0 radical (unpaired) electrons. The quantitative estimate of drug-likeness (QED) is 0.291. The summed E-state index contributed by atoms with van der Waals surface area (Å²) in [6.07, 6.45) is 12.2. The second-order valence-corrected chi connectivity index (χ2v) is 11.7. The van der Waals surface area contributed by atoms with Gasteiger partial charge in [-0.05, 0) is 25.7 Å². The van der Waals surface area contributed by atoms with E-state index >= 15 is 0 Å². The van der Waals surface area contributed by atoms with E-state index in [2.05, 4.69) is 26.2 Å². The van der Waals surface area contributed by atoms with Crippen LogP contribution in [0.3, 0.4) is 0 Å². The zero-order chi connectivity index (χ0) is 24.9. The molecule has 0 bridgehead atoms.